The summed E-state index contributed by atoms with van der Waals surface area (Å²) in [5.41, 5.74) is 3.06. The molecule has 0 bridgehead atoms. The van der Waals surface area contributed by atoms with E-state index in [-0.39, 0.29) is 0 Å². The molecule has 1 aromatic carbocycles. The van der Waals surface area contributed by atoms with Gasteiger partial charge in [-0.3, -0.25) is 4.90 Å². The Morgan fingerprint density at radius 1 is 1.15 bits per heavy atom. The van der Waals surface area contributed by atoms with Crippen LogP contribution in [0.2, 0.25) is 0 Å². The largest absolute Gasteiger partial charge is 0.368 e. The van der Waals surface area contributed by atoms with Gasteiger partial charge in [0, 0.05) is 37.9 Å². The van der Waals surface area contributed by atoms with E-state index < -0.39 is 0 Å². The lowest BCUT2D eigenvalue weighted by atomic mass is 9.96. The number of para-hydroxylation sites is 1. The molecule has 0 saturated carbocycles. The van der Waals surface area contributed by atoms with Crippen molar-refractivity contribution >= 4 is 5.69 Å². The quantitative estimate of drug-likeness (QED) is 0.776. The fourth-order valence-corrected chi connectivity index (χ4v) is 3.61. The Morgan fingerprint density at radius 2 is 1.95 bits per heavy atom. The van der Waals surface area contributed by atoms with E-state index in [4.69, 9.17) is 0 Å². The lowest BCUT2D eigenvalue weighted by Gasteiger charge is -2.42. The van der Waals surface area contributed by atoms with E-state index in [1.54, 1.807) is 5.56 Å². The van der Waals surface area contributed by atoms with Crippen LogP contribution < -0.4 is 4.90 Å². The molecule has 1 saturated heterocycles. The van der Waals surface area contributed by atoms with Gasteiger partial charge in [-0.05, 0) is 44.2 Å². The van der Waals surface area contributed by atoms with Gasteiger partial charge in [0.1, 0.15) is 0 Å². The smallest absolute Gasteiger partial charge is 0.0401 e. The number of benzene rings is 1. The zero-order valence-corrected chi connectivity index (χ0v) is 12.6. The van der Waals surface area contributed by atoms with Crippen molar-refractivity contribution in [3.63, 3.8) is 0 Å². The van der Waals surface area contributed by atoms with E-state index in [9.17, 15) is 0 Å². The molecule has 0 aromatic heterocycles. The van der Waals surface area contributed by atoms with Gasteiger partial charge < -0.3 is 4.90 Å². The number of hydrogen-bond donors (Lipinski definition) is 0. The standard InChI is InChI=1S/C18H26N2/c1-2-3-12-19-14-10-17(11-15-19)20-13-6-8-16-7-4-5-9-18(16)20/h2-5,7,9,17H,6,8,10-15H2,1H3/b3-2+. The summed E-state index contributed by atoms with van der Waals surface area (Å²) in [5, 5.41) is 0. The molecule has 1 aromatic rings. The van der Waals surface area contributed by atoms with Crippen molar-refractivity contribution in [2.24, 2.45) is 0 Å². The molecular formula is C18H26N2. The third-order valence-corrected chi connectivity index (χ3v) is 4.74. The van der Waals surface area contributed by atoms with Crippen molar-refractivity contribution in [2.75, 3.05) is 31.1 Å². The van der Waals surface area contributed by atoms with Gasteiger partial charge in [-0.1, -0.05) is 30.4 Å². The molecule has 0 amide bonds. The highest BCUT2D eigenvalue weighted by Gasteiger charge is 2.27. The van der Waals surface area contributed by atoms with Crippen molar-refractivity contribution < 1.29 is 0 Å². The maximum atomic E-state index is 2.69. The van der Waals surface area contributed by atoms with Crippen molar-refractivity contribution in [3.8, 4) is 0 Å². The summed E-state index contributed by atoms with van der Waals surface area (Å²) >= 11 is 0. The summed E-state index contributed by atoms with van der Waals surface area (Å²) in [5.74, 6) is 0. The lowest BCUT2D eigenvalue weighted by molar-refractivity contribution is 0.227. The van der Waals surface area contributed by atoms with Crippen LogP contribution >= 0.6 is 0 Å². The Balaban J connectivity index is 1.64. The van der Waals surface area contributed by atoms with Crippen molar-refractivity contribution in [3.05, 3.63) is 42.0 Å². The highest BCUT2D eigenvalue weighted by Crippen LogP contribution is 2.31. The number of piperidine rings is 1. The van der Waals surface area contributed by atoms with Crippen LogP contribution in [0.15, 0.2) is 36.4 Å². The van der Waals surface area contributed by atoms with Gasteiger partial charge in [0.25, 0.3) is 0 Å². The Bertz CT molecular complexity index is 458. The molecule has 2 aliphatic rings. The SMILES string of the molecule is C/C=C/CN1CCC(N2CCCc3ccccc32)CC1. The third kappa shape index (κ3) is 2.90. The maximum Gasteiger partial charge on any atom is 0.0401 e. The molecule has 2 heterocycles. The van der Waals surface area contributed by atoms with Gasteiger partial charge in [0.2, 0.25) is 0 Å². The molecule has 0 spiro atoms. The number of likely N-dealkylation sites (tertiary alicyclic amines) is 1. The molecule has 2 heteroatoms. The van der Waals surface area contributed by atoms with Crippen LogP contribution in [0.5, 0.6) is 0 Å². The van der Waals surface area contributed by atoms with Crippen LogP contribution in [0.25, 0.3) is 0 Å². The number of allylic oxidation sites excluding steroid dienone is 1. The lowest BCUT2D eigenvalue weighted by Crippen LogP contribution is -2.46. The second kappa shape index (κ2) is 6.45. The molecule has 20 heavy (non-hydrogen) atoms. The second-order valence-corrected chi connectivity index (χ2v) is 6.03. The van der Waals surface area contributed by atoms with Crippen molar-refractivity contribution in [1.29, 1.82) is 0 Å². The highest BCUT2D eigenvalue weighted by atomic mass is 15.2. The van der Waals surface area contributed by atoms with E-state index >= 15 is 0 Å². The zero-order valence-electron chi connectivity index (χ0n) is 12.6. The highest BCUT2D eigenvalue weighted by molar-refractivity contribution is 5.56. The monoisotopic (exact) mass is 270 g/mol. The Labute approximate surface area is 123 Å². The first-order valence-corrected chi connectivity index (χ1v) is 8.06. The van der Waals surface area contributed by atoms with E-state index in [2.05, 4.69) is 53.1 Å². The predicted molar refractivity (Wildman–Crippen MR) is 86.4 cm³/mol. The van der Waals surface area contributed by atoms with E-state index in [0.717, 1.165) is 12.6 Å². The summed E-state index contributed by atoms with van der Waals surface area (Å²) in [7, 11) is 0. The van der Waals surface area contributed by atoms with Gasteiger partial charge >= 0.3 is 0 Å². The van der Waals surface area contributed by atoms with Gasteiger partial charge in [-0.2, -0.15) is 0 Å². The van der Waals surface area contributed by atoms with Gasteiger partial charge in [-0.25, -0.2) is 0 Å². The first-order valence-electron chi connectivity index (χ1n) is 8.06. The second-order valence-electron chi connectivity index (χ2n) is 6.03. The van der Waals surface area contributed by atoms with Gasteiger partial charge in [-0.15, -0.1) is 0 Å². The predicted octanol–water partition coefficient (Wildman–Crippen LogP) is 3.48. The molecule has 0 atom stereocenters. The maximum absolute atomic E-state index is 2.69. The number of nitrogens with zero attached hydrogens (tertiary/aromatic N) is 2. The van der Waals surface area contributed by atoms with Crippen LogP contribution in [0.4, 0.5) is 5.69 Å². The molecule has 3 rings (SSSR count). The normalized spacial score (nSPS) is 21.4. The fourth-order valence-electron chi connectivity index (χ4n) is 3.61. The summed E-state index contributed by atoms with van der Waals surface area (Å²) in [4.78, 5) is 5.26. The molecule has 1 fully saturated rings. The minimum absolute atomic E-state index is 0.748. The van der Waals surface area contributed by atoms with Crippen LogP contribution in [-0.4, -0.2) is 37.1 Å². The molecule has 108 valence electrons. The molecule has 0 radical (unpaired) electrons. The molecule has 0 unspecified atom stereocenters. The average molecular weight is 270 g/mol. The zero-order chi connectivity index (χ0) is 13.8. The van der Waals surface area contributed by atoms with E-state index in [0.29, 0.717) is 0 Å². The topological polar surface area (TPSA) is 6.48 Å². The molecule has 2 aliphatic heterocycles. The van der Waals surface area contributed by atoms with Crippen molar-refractivity contribution in [2.45, 2.75) is 38.6 Å². The average Bonchev–Trinajstić information content (AvgIpc) is 2.53. The molecule has 0 N–H and O–H groups in total. The van der Waals surface area contributed by atoms with Crippen LogP contribution in [0.1, 0.15) is 31.7 Å². The van der Waals surface area contributed by atoms with Crippen molar-refractivity contribution in [1.82, 2.24) is 4.90 Å². The Morgan fingerprint density at radius 3 is 2.75 bits per heavy atom. The van der Waals surface area contributed by atoms with Gasteiger partial charge in [0.05, 0.1) is 0 Å². The van der Waals surface area contributed by atoms with Crippen LogP contribution in [0, 0.1) is 0 Å². The summed E-state index contributed by atoms with van der Waals surface area (Å²) < 4.78 is 0. The number of rotatable bonds is 3. The molecule has 2 nitrogen and oxygen atoms in total. The number of anilines is 1. The Hall–Kier alpha value is -1.28. The summed E-state index contributed by atoms with van der Waals surface area (Å²) in [6, 6.07) is 9.75. The number of hydrogen-bond acceptors (Lipinski definition) is 2. The van der Waals surface area contributed by atoms with Crippen LogP contribution in [0.3, 0.4) is 0 Å². The first kappa shape index (κ1) is 13.7. The molecule has 0 aliphatic carbocycles. The Kier molecular flexibility index (Phi) is 4.41. The minimum Gasteiger partial charge on any atom is -0.368 e. The third-order valence-electron chi connectivity index (χ3n) is 4.74. The van der Waals surface area contributed by atoms with E-state index in [1.165, 1.54) is 51.0 Å². The fraction of sp³-hybridized carbons (Fsp3) is 0.556. The van der Waals surface area contributed by atoms with Crippen LogP contribution in [-0.2, 0) is 6.42 Å². The minimum atomic E-state index is 0.748. The summed E-state index contributed by atoms with van der Waals surface area (Å²) in [6.07, 6.45) is 9.63. The molecular weight excluding hydrogens is 244 g/mol. The van der Waals surface area contributed by atoms with Gasteiger partial charge in [0.15, 0.2) is 0 Å². The summed E-state index contributed by atoms with van der Waals surface area (Å²) in [6.45, 7) is 6.97. The number of aryl methyl sites for hydroxylation is 1. The first-order chi connectivity index (χ1) is 9.88. The number of fused-ring (bicyclic) bond motifs is 1. The van der Waals surface area contributed by atoms with E-state index in [1.807, 2.05) is 0 Å².